The zero-order valence-electron chi connectivity index (χ0n) is 7.57. The minimum atomic E-state index is 0.0929. The number of nitrogens with one attached hydrogen (secondary N) is 1. The molecule has 0 aliphatic heterocycles. The summed E-state index contributed by atoms with van der Waals surface area (Å²) >= 11 is 2.18. The summed E-state index contributed by atoms with van der Waals surface area (Å²) in [6.45, 7) is 8.14. The van der Waals surface area contributed by atoms with Crippen molar-refractivity contribution in [1.82, 2.24) is 5.32 Å². The van der Waals surface area contributed by atoms with Crippen molar-refractivity contribution in [3.05, 3.63) is 0 Å². The molecule has 3 heteroatoms. The predicted molar refractivity (Wildman–Crippen MR) is 55.7 cm³/mol. The summed E-state index contributed by atoms with van der Waals surface area (Å²) in [5, 5.41) is 2.85. The Morgan fingerprint density at radius 1 is 1.55 bits per heavy atom. The molecule has 1 amide bonds. The number of amides is 1. The van der Waals surface area contributed by atoms with E-state index in [0.717, 1.165) is 0 Å². The van der Waals surface area contributed by atoms with Gasteiger partial charge in [-0.05, 0) is 12.3 Å². The maximum Gasteiger partial charge on any atom is 0.221 e. The second-order valence-electron chi connectivity index (χ2n) is 3.92. The van der Waals surface area contributed by atoms with Crippen LogP contribution in [-0.4, -0.2) is 9.96 Å². The summed E-state index contributed by atoms with van der Waals surface area (Å²) in [5.74, 6) is 0.138. The first-order valence-electron chi connectivity index (χ1n) is 3.75. The Labute approximate surface area is 82.3 Å². The van der Waals surface area contributed by atoms with Gasteiger partial charge in [0.2, 0.25) is 5.91 Å². The maximum absolute atomic E-state index is 11.2. The van der Waals surface area contributed by atoms with Gasteiger partial charge in [0.1, 0.15) is 0 Å². The zero-order chi connectivity index (χ0) is 9.07. The molecule has 0 aromatic heterocycles. The van der Waals surface area contributed by atoms with Crippen molar-refractivity contribution in [3.8, 4) is 0 Å². The van der Waals surface area contributed by atoms with Gasteiger partial charge < -0.3 is 5.32 Å². The molecule has 2 nitrogen and oxygen atoms in total. The number of hydrogen-bond donors (Lipinski definition) is 1. The van der Waals surface area contributed by atoms with Crippen LogP contribution in [0.25, 0.3) is 0 Å². The van der Waals surface area contributed by atoms with Gasteiger partial charge in [-0.3, -0.25) is 4.79 Å². The SMILES string of the molecule is CC(I)NC(=O)CC(C)(C)C. The third-order valence-electron chi connectivity index (χ3n) is 1.05. The summed E-state index contributed by atoms with van der Waals surface area (Å²) in [7, 11) is 0. The molecule has 0 saturated carbocycles. The van der Waals surface area contributed by atoms with E-state index in [1.165, 1.54) is 0 Å². The fraction of sp³-hybridized carbons (Fsp3) is 0.875. The van der Waals surface area contributed by atoms with Crippen LogP contribution in [0.4, 0.5) is 0 Å². The molecule has 0 aromatic rings. The van der Waals surface area contributed by atoms with E-state index in [9.17, 15) is 4.79 Å². The first kappa shape index (κ1) is 11.2. The lowest BCUT2D eigenvalue weighted by atomic mass is 9.92. The van der Waals surface area contributed by atoms with E-state index in [4.69, 9.17) is 0 Å². The second-order valence-corrected chi connectivity index (χ2v) is 5.79. The highest BCUT2D eigenvalue weighted by molar-refractivity contribution is 14.1. The average molecular weight is 269 g/mol. The molecule has 11 heavy (non-hydrogen) atoms. The molecule has 0 spiro atoms. The molecule has 0 aliphatic carbocycles. The van der Waals surface area contributed by atoms with Crippen LogP contribution < -0.4 is 5.32 Å². The predicted octanol–water partition coefficient (Wildman–Crippen LogP) is 2.32. The highest BCUT2D eigenvalue weighted by Crippen LogP contribution is 2.18. The fourth-order valence-electron chi connectivity index (χ4n) is 0.755. The molecular formula is C8H16INO. The minimum Gasteiger partial charge on any atom is -0.345 e. The first-order chi connectivity index (χ1) is 4.81. The Balaban J connectivity index is 3.71. The summed E-state index contributed by atoms with van der Waals surface area (Å²) in [6, 6.07) is 0. The van der Waals surface area contributed by atoms with Crippen molar-refractivity contribution in [2.45, 2.75) is 38.2 Å². The topological polar surface area (TPSA) is 29.1 Å². The average Bonchev–Trinajstić information content (AvgIpc) is 1.53. The second kappa shape index (κ2) is 4.28. The van der Waals surface area contributed by atoms with E-state index in [1.807, 2.05) is 6.92 Å². The summed E-state index contributed by atoms with van der Waals surface area (Å²) in [5.41, 5.74) is 0.0929. The van der Waals surface area contributed by atoms with Gasteiger partial charge in [-0.2, -0.15) is 0 Å². The molecule has 0 rings (SSSR count). The van der Waals surface area contributed by atoms with Gasteiger partial charge in [0, 0.05) is 6.42 Å². The summed E-state index contributed by atoms with van der Waals surface area (Å²) in [6.07, 6.45) is 0.598. The molecule has 0 heterocycles. The van der Waals surface area contributed by atoms with Crippen LogP contribution in [0.3, 0.4) is 0 Å². The largest absolute Gasteiger partial charge is 0.345 e. The van der Waals surface area contributed by atoms with E-state index in [-0.39, 0.29) is 15.4 Å². The third kappa shape index (κ3) is 8.10. The van der Waals surface area contributed by atoms with Crippen LogP contribution in [-0.2, 0) is 4.79 Å². The number of carbonyl (C=O) groups excluding carboxylic acids is 1. The Kier molecular flexibility index (Phi) is 4.36. The third-order valence-corrected chi connectivity index (χ3v) is 1.36. The van der Waals surface area contributed by atoms with E-state index in [2.05, 4.69) is 48.7 Å². The van der Waals surface area contributed by atoms with Gasteiger partial charge >= 0.3 is 0 Å². The van der Waals surface area contributed by atoms with Gasteiger partial charge in [0.25, 0.3) is 0 Å². The highest BCUT2D eigenvalue weighted by Gasteiger charge is 2.16. The van der Waals surface area contributed by atoms with Gasteiger partial charge in [-0.1, -0.05) is 43.4 Å². The lowest BCUT2D eigenvalue weighted by molar-refractivity contribution is -0.122. The van der Waals surface area contributed by atoms with Gasteiger partial charge in [-0.25, -0.2) is 0 Å². The molecule has 0 aromatic carbocycles. The van der Waals surface area contributed by atoms with Crippen molar-refractivity contribution >= 4 is 28.5 Å². The van der Waals surface area contributed by atoms with Crippen LogP contribution in [0.2, 0.25) is 0 Å². The zero-order valence-corrected chi connectivity index (χ0v) is 9.73. The Morgan fingerprint density at radius 3 is 2.27 bits per heavy atom. The van der Waals surface area contributed by atoms with Gasteiger partial charge in [0.05, 0.1) is 4.05 Å². The molecule has 1 unspecified atom stereocenters. The smallest absolute Gasteiger partial charge is 0.221 e. The minimum absolute atomic E-state index is 0.0929. The number of halogens is 1. The van der Waals surface area contributed by atoms with E-state index in [1.54, 1.807) is 0 Å². The van der Waals surface area contributed by atoms with Gasteiger partial charge in [0.15, 0.2) is 0 Å². The van der Waals surface area contributed by atoms with Crippen molar-refractivity contribution in [2.24, 2.45) is 5.41 Å². The van der Waals surface area contributed by atoms with Crippen LogP contribution in [0.1, 0.15) is 34.1 Å². The van der Waals surface area contributed by atoms with Crippen molar-refractivity contribution < 1.29 is 4.79 Å². The molecule has 66 valence electrons. The van der Waals surface area contributed by atoms with Crippen LogP contribution >= 0.6 is 22.6 Å². The normalized spacial score (nSPS) is 14.3. The number of alkyl halides is 1. The lowest BCUT2D eigenvalue weighted by Gasteiger charge is -2.17. The molecule has 0 fully saturated rings. The Bertz CT molecular complexity index is 138. The summed E-state index contributed by atoms with van der Waals surface area (Å²) in [4.78, 5) is 11.2. The number of carbonyl (C=O) groups is 1. The number of rotatable bonds is 2. The maximum atomic E-state index is 11.2. The number of hydrogen-bond acceptors (Lipinski definition) is 1. The van der Waals surface area contributed by atoms with Crippen molar-refractivity contribution in [1.29, 1.82) is 0 Å². The molecule has 0 bridgehead atoms. The quantitative estimate of drug-likeness (QED) is 0.465. The summed E-state index contributed by atoms with van der Waals surface area (Å²) < 4.78 is 0.224. The monoisotopic (exact) mass is 269 g/mol. The van der Waals surface area contributed by atoms with Gasteiger partial charge in [-0.15, -0.1) is 0 Å². The Morgan fingerprint density at radius 2 is 2.00 bits per heavy atom. The van der Waals surface area contributed by atoms with E-state index in [0.29, 0.717) is 6.42 Å². The molecule has 0 aliphatic rings. The highest BCUT2D eigenvalue weighted by atomic mass is 127. The van der Waals surface area contributed by atoms with Crippen molar-refractivity contribution in [3.63, 3.8) is 0 Å². The first-order valence-corrected chi connectivity index (χ1v) is 4.99. The molecule has 1 atom stereocenters. The fourth-order valence-corrected chi connectivity index (χ4v) is 1.10. The molecule has 0 radical (unpaired) electrons. The lowest BCUT2D eigenvalue weighted by Crippen LogP contribution is -2.31. The molecular weight excluding hydrogens is 253 g/mol. The van der Waals surface area contributed by atoms with Crippen LogP contribution in [0.15, 0.2) is 0 Å². The van der Waals surface area contributed by atoms with E-state index < -0.39 is 0 Å². The van der Waals surface area contributed by atoms with E-state index >= 15 is 0 Å². The molecule has 0 saturated heterocycles. The van der Waals surface area contributed by atoms with Crippen LogP contribution in [0, 0.1) is 5.41 Å². The van der Waals surface area contributed by atoms with Crippen molar-refractivity contribution in [2.75, 3.05) is 0 Å². The Hall–Kier alpha value is 0.200. The van der Waals surface area contributed by atoms with Crippen LogP contribution in [0.5, 0.6) is 0 Å². The standard InChI is InChI=1S/C8H16INO/c1-6(9)10-7(11)5-8(2,3)4/h6H,5H2,1-4H3,(H,10,11). The molecule has 1 N–H and O–H groups in total.